The minimum absolute atomic E-state index is 0.0138. The fourth-order valence-electron chi connectivity index (χ4n) is 3.15. The van der Waals surface area contributed by atoms with Crippen molar-refractivity contribution in [1.82, 2.24) is 19.5 Å². The smallest absolute Gasteiger partial charge is 0.273 e. The maximum Gasteiger partial charge on any atom is 0.273 e. The fourth-order valence-corrected chi connectivity index (χ4v) is 3.15. The van der Waals surface area contributed by atoms with Gasteiger partial charge in [-0.25, -0.2) is 4.52 Å². The van der Waals surface area contributed by atoms with E-state index in [0.29, 0.717) is 18.6 Å². The van der Waals surface area contributed by atoms with E-state index >= 15 is 0 Å². The normalized spacial score (nSPS) is 12.6. The number of nitrogens with one attached hydrogen (secondary N) is 1. The molecule has 0 radical (unpaired) electrons. The van der Waals surface area contributed by atoms with Gasteiger partial charge in [0.05, 0.1) is 5.52 Å². The van der Waals surface area contributed by atoms with E-state index in [9.17, 15) is 9.59 Å². The maximum absolute atomic E-state index is 12.7. The van der Waals surface area contributed by atoms with E-state index in [1.54, 1.807) is 0 Å². The predicted molar refractivity (Wildman–Crippen MR) is 94.3 cm³/mol. The van der Waals surface area contributed by atoms with Gasteiger partial charge in [0.2, 0.25) is 5.91 Å². The van der Waals surface area contributed by atoms with Crippen LogP contribution in [0, 0.1) is 6.92 Å². The van der Waals surface area contributed by atoms with E-state index in [0.717, 1.165) is 23.0 Å². The number of nitrogens with zero attached hydrogens (tertiary/aromatic N) is 3. The van der Waals surface area contributed by atoms with Gasteiger partial charge in [-0.3, -0.25) is 14.3 Å². The van der Waals surface area contributed by atoms with Gasteiger partial charge in [-0.05, 0) is 31.9 Å². The fraction of sp³-hybridized carbons (Fsp3) is 0.389. The van der Waals surface area contributed by atoms with Crippen molar-refractivity contribution in [2.75, 3.05) is 6.54 Å². The van der Waals surface area contributed by atoms with Crippen LogP contribution in [0.3, 0.4) is 0 Å². The lowest BCUT2D eigenvalue weighted by Crippen LogP contribution is -2.34. The van der Waals surface area contributed by atoms with Crippen LogP contribution in [-0.4, -0.2) is 26.6 Å². The molecule has 1 atom stereocenters. The molecule has 6 nitrogen and oxygen atoms in total. The third-order valence-corrected chi connectivity index (χ3v) is 4.22. The first-order valence-corrected chi connectivity index (χ1v) is 8.35. The number of hydrogen-bond acceptors (Lipinski definition) is 3. The molecule has 0 saturated heterocycles. The highest BCUT2D eigenvalue weighted by atomic mass is 16.2. The molecule has 126 valence electrons. The number of benzene rings is 1. The molecule has 3 rings (SSSR count). The topological polar surface area (TPSA) is 68.4 Å². The number of amides is 1. The zero-order valence-electron chi connectivity index (χ0n) is 14.2. The Bertz CT molecular complexity index is 955. The summed E-state index contributed by atoms with van der Waals surface area (Å²) < 4.78 is 3.84. The molecule has 0 aliphatic heterocycles. The Labute approximate surface area is 140 Å². The summed E-state index contributed by atoms with van der Waals surface area (Å²) in [6.07, 6.45) is 1.54. The van der Waals surface area contributed by atoms with Crippen molar-refractivity contribution in [2.45, 2.75) is 39.7 Å². The second-order valence-corrected chi connectivity index (χ2v) is 5.95. The first kappa shape index (κ1) is 16.2. The number of aryl methyl sites for hydroxylation is 1. The van der Waals surface area contributed by atoms with Crippen LogP contribution in [0.2, 0.25) is 0 Å². The van der Waals surface area contributed by atoms with Crippen LogP contribution in [0.1, 0.15) is 38.4 Å². The predicted octanol–water partition coefficient (Wildman–Crippen LogP) is 2.43. The second kappa shape index (κ2) is 6.47. The molecule has 0 fully saturated rings. The summed E-state index contributed by atoms with van der Waals surface area (Å²) in [5.74, 6) is -0.0138. The van der Waals surface area contributed by atoms with Crippen LogP contribution in [0.5, 0.6) is 0 Å². The van der Waals surface area contributed by atoms with E-state index < -0.39 is 0 Å². The molecule has 6 heteroatoms. The molecule has 2 aromatic heterocycles. The molecule has 0 saturated carbocycles. The standard InChI is InChI=1S/C18H22N4O2/c1-4-10-19-18(24)14(5-2)22-15-9-7-6-8-13(15)17-20-16(23)11-12(3)21(17)22/h6-9,11,14H,4-5,10H2,1-3H3,(H,19,24). The number of hydrogen-bond donors (Lipinski definition) is 1. The van der Waals surface area contributed by atoms with Crippen molar-refractivity contribution >= 4 is 22.5 Å². The maximum atomic E-state index is 12.7. The molecule has 0 aliphatic rings. The Balaban J connectivity index is 2.32. The summed E-state index contributed by atoms with van der Waals surface area (Å²) in [6.45, 7) is 6.53. The number of carbonyl (C=O) groups excluding carboxylic acids is 1. The lowest BCUT2D eigenvalue weighted by Gasteiger charge is -2.20. The highest BCUT2D eigenvalue weighted by Crippen LogP contribution is 2.26. The third kappa shape index (κ3) is 2.58. The van der Waals surface area contributed by atoms with Crippen LogP contribution in [0.4, 0.5) is 0 Å². The van der Waals surface area contributed by atoms with Crippen molar-refractivity contribution in [3.05, 3.63) is 46.4 Å². The third-order valence-electron chi connectivity index (χ3n) is 4.22. The molecule has 1 amide bonds. The largest absolute Gasteiger partial charge is 0.354 e. The van der Waals surface area contributed by atoms with Crippen molar-refractivity contribution in [1.29, 1.82) is 0 Å². The molecule has 24 heavy (non-hydrogen) atoms. The quantitative estimate of drug-likeness (QED) is 0.783. The number of aromatic nitrogens is 3. The van der Waals surface area contributed by atoms with E-state index in [4.69, 9.17) is 0 Å². The lowest BCUT2D eigenvalue weighted by molar-refractivity contribution is -0.124. The Morgan fingerprint density at radius 2 is 2.04 bits per heavy atom. The van der Waals surface area contributed by atoms with Gasteiger partial charge in [0, 0.05) is 23.7 Å². The second-order valence-electron chi connectivity index (χ2n) is 5.95. The summed E-state index contributed by atoms with van der Waals surface area (Å²) in [5.41, 5.74) is 2.00. The van der Waals surface area contributed by atoms with Crippen molar-refractivity contribution < 1.29 is 4.79 Å². The van der Waals surface area contributed by atoms with Crippen LogP contribution < -0.4 is 10.9 Å². The van der Waals surface area contributed by atoms with Gasteiger partial charge in [0.1, 0.15) is 6.04 Å². The summed E-state index contributed by atoms with van der Waals surface area (Å²) in [6, 6.07) is 8.88. The minimum atomic E-state index is -0.359. The minimum Gasteiger partial charge on any atom is -0.354 e. The lowest BCUT2D eigenvalue weighted by atomic mass is 10.2. The van der Waals surface area contributed by atoms with Crippen molar-refractivity contribution in [3.8, 4) is 0 Å². The van der Waals surface area contributed by atoms with Gasteiger partial charge in [-0.15, -0.1) is 0 Å². The molecule has 3 aromatic rings. The molecular formula is C18H22N4O2. The van der Waals surface area contributed by atoms with Crippen LogP contribution in [0.15, 0.2) is 35.1 Å². The van der Waals surface area contributed by atoms with E-state index in [-0.39, 0.29) is 17.5 Å². The van der Waals surface area contributed by atoms with Gasteiger partial charge in [-0.1, -0.05) is 26.0 Å². The number of rotatable bonds is 5. The number of carbonyl (C=O) groups is 1. The zero-order valence-corrected chi connectivity index (χ0v) is 14.2. The van der Waals surface area contributed by atoms with E-state index in [1.807, 2.05) is 54.2 Å². The summed E-state index contributed by atoms with van der Waals surface area (Å²) in [7, 11) is 0. The monoisotopic (exact) mass is 326 g/mol. The summed E-state index contributed by atoms with van der Waals surface area (Å²) >= 11 is 0. The molecule has 1 aromatic carbocycles. The average molecular weight is 326 g/mol. The Kier molecular flexibility index (Phi) is 4.38. The van der Waals surface area contributed by atoms with Crippen LogP contribution in [-0.2, 0) is 4.79 Å². The molecule has 0 aliphatic carbocycles. The van der Waals surface area contributed by atoms with Gasteiger partial charge in [0.25, 0.3) is 5.56 Å². The Morgan fingerprint density at radius 3 is 2.75 bits per heavy atom. The van der Waals surface area contributed by atoms with Gasteiger partial charge in [0.15, 0.2) is 5.65 Å². The van der Waals surface area contributed by atoms with Gasteiger partial charge < -0.3 is 5.32 Å². The van der Waals surface area contributed by atoms with Crippen molar-refractivity contribution in [2.24, 2.45) is 0 Å². The summed E-state index contributed by atoms with van der Waals surface area (Å²) in [5, 5.41) is 3.85. The first-order chi connectivity index (χ1) is 11.6. The molecule has 2 heterocycles. The highest BCUT2D eigenvalue weighted by Gasteiger charge is 2.24. The Morgan fingerprint density at radius 1 is 1.29 bits per heavy atom. The van der Waals surface area contributed by atoms with Crippen molar-refractivity contribution in [3.63, 3.8) is 0 Å². The van der Waals surface area contributed by atoms with E-state index in [2.05, 4.69) is 10.3 Å². The Hall–Kier alpha value is -2.63. The average Bonchev–Trinajstić information content (AvgIpc) is 2.89. The van der Waals surface area contributed by atoms with Crippen LogP contribution >= 0.6 is 0 Å². The SMILES string of the molecule is CCCNC(=O)C(CC)n1c2ccccc2c2nc(=O)cc(C)n21. The van der Waals surface area contributed by atoms with Gasteiger partial charge >= 0.3 is 0 Å². The first-order valence-electron chi connectivity index (χ1n) is 8.35. The van der Waals surface area contributed by atoms with Crippen LogP contribution in [0.25, 0.3) is 16.6 Å². The molecule has 0 bridgehead atoms. The molecule has 0 spiro atoms. The van der Waals surface area contributed by atoms with E-state index in [1.165, 1.54) is 6.07 Å². The zero-order chi connectivity index (χ0) is 17.3. The number of para-hydroxylation sites is 1. The van der Waals surface area contributed by atoms with Gasteiger partial charge in [-0.2, -0.15) is 4.98 Å². The molecular weight excluding hydrogens is 304 g/mol. The molecule has 1 N–H and O–H groups in total. The highest BCUT2D eigenvalue weighted by molar-refractivity contribution is 5.94. The summed E-state index contributed by atoms with van der Waals surface area (Å²) in [4.78, 5) is 28.7. The number of fused-ring (bicyclic) bond motifs is 3. The molecule has 1 unspecified atom stereocenters.